The number of aromatic nitrogens is 1. The zero-order valence-electron chi connectivity index (χ0n) is 18.5. The number of azo groups is 1. The SMILES string of the molecule is CCCCNS(=O)(=O)c1ccc(N=Nc2c(C)c(C#N)c(O)n(CCOCCO)c2=O)cc1. The Kier molecular flexibility index (Phi) is 9.68. The maximum absolute atomic E-state index is 12.8. The normalized spacial score (nSPS) is 11.7. The molecule has 0 amide bonds. The van der Waals surface area contributed by atoms with Crippen LogP contribution in [0.5, 0.6) is 5.88 Å². The Bertz CT molecular complexity index is 1180. The van der Waals surface area contributed by atoms with E-state index in [1.807, 2.05) is 13.0 Å². The summed E-state index contributed by atoms with van der Waals surface area (Å²) in [5.74, 6) is -0.503. The third-order valence-corrected chi connectivity index (χ3v) is 6.18. The van der Waals surface area contributed by atoms with Crippen LogP contribution >= 0.6 is 0 Å². The van der Waals surface area contributed by atoms with E-state index >= 15 is 0 Å². The van der Waals surface area contributed by atoms with Gasteiger partial charge in [-0.25, -0.2) is 13.1 Å². The van der Waals surface area contributed by atoms with Gasteiger partial charge in [-0.15, -0.1) is 5.11 Å². The van der Waals surface area contributed by atoms with Gasteiger partial charge in [-0.05, 0) is 37.6 Å². The van der Waals surface area contributed by atoms with Crippen LogP contribution in [0.4, 0.5) is 11.4 Å². The molecule has 1 aromatic heterocycles. The molecule has 1 aromatic carbocycles. The molecule has 0 aliphatic heterocycles. The van der Waals surface area contributed by atoms with Gasteiger partial charge in [0.2, 0.25) is 15.9 Å². The van der Waals surface area contributed by atoms with E-state index in [1.54, 1.807) is 0 Å². The molecule has 0 saturated carbocycles. The van der Waals surface area contributed by atoms with Crippen molar-refractivity contribution in [3.8, 4) is 11.9 Å². The highest BCUT2D eigenvalue weighted by atomic mass is 32.2. The molecular weight excluding hydrogens is 450 g/mol. The first-order chi connectivity index (χ1) is 15.8. The van der Waals surface area contributed by atoms with Gasteiger partial charge < -0.3 is 14.9 Å². The molecule has 0 aliphatic rings. The van der Waals surface area contributed by atoms with Gasteiger partial charge >= 0.3 is 0 Å². The second kappa shape index (κ2) is 12.2. The average Bonchev–Trinajstić information content (AvgIpc) is 2.79. The number of sulfonamides is 1. The summed E-state index contributed by atoms with van der Waals surface area (Å²) in [6.07, 6.45) is 1.59. The maximum atomic E-state index is 12.8. The minimum absolute atomic E-state index is 0.0285. The maximum Gasteiger partial charge on any atom is 0.281 e. The van der Waals surface area contributed by atoms with E-state index in [4.69, 9.17) is 9.84 Å². The van der Waals surface area contributed by atoms with Crippen molar-refractivity contribution < 1.29 is 23.4 Å². The van der Waals surface area contributed by atoms with Crippen LogP contribution in [-0.4, -0.2) is 49.6 Å². The van der Waals surface area contributed by atoms with Gasteiger partial charge in [0.25, 0.3) is 5.56 Å². The summed E-state index contributed by atoms with van der Waals surface area (Å²) in [4.78, 5) is 12.9. The number of rotatable bonds is 12. The first-order valence-electron chi connectivity index (χ1n) is 10.3. The van der Waals surface area contributed by atoms with E-state index in [-0.39, 0.29) is 48.1 Å². The largest absolute Gasteiger partial charge is 0.493 e. The molecule has 0 aliphatic carbocycles. The van der Waals surface area contributed by atoms with Crippen LogP contribution < -0.4 is 10.3 Å². The summed E-state index contributed by atoms with van der Waals surface area (Å²) >= 11 is 0. The molecule has 2 rings (SSSR count). The molecule has 3 N–H and O–H groups in total. The summed E-state index contributed by atoms with van der Waals surface area (Å²) in [6, 6.07) is 7.50. The lowest BCUT2D eigenvalue weighted by Crippen LogP contribution is -2.24. The minimum Gasteiger partial charge on any atom is -0.493 e. The van der Waals surface area contributed by atoms with E-state index in [0.29, 0.717) is 12.2 Å². The topological polar surface area (TPSA) is 166 Å². The Balaban J connectivity index is 2.31. The number of benzene rings is 1. The summed E-state index contributed by atoms with van der Waals surface area (Å²) in [7, 11) is -3.63. The third kappa shape index (κ3) is 6.69. The molecule has 0 atom stereocenters. The number of nitrogens with one attached hydrogen (secondary N) is 1. The van der Waals surface area contributed by atoms with E-state index < -0.39 is 21.5 Å². The van der Waals surface area contributed by atoms with Gasteiger partial charge in [-0.2, -0.15) is 10.4 Å². The number of hydrogen-bond acceptors (Lipinski definition) is 9. The van der Waals surface area contributed by atoms with E-state index in [2.05, 4.69) is 15.0 Å². The lowest BCUT2D eigenvalue weighted by atomic mass is 10.1. The van der Waals surface area contributed by atoms with Crippen molar-refractivity contribution in [1.29, 1.82) is 5.26 Å². The second-order valence-corrected chi connectivity index (χ2v) is 8.79. The number of unbranched alkanes of at least 4 members (excludes halogenated alkanes) is 1. The summed E-state index contributed by atoms with van der Waals surface area (Å²) in [5, 5.41) is 36.4. The molecule has 11 nitrogen and oxygen atoms in total. The van der Waals surface area contributed by atoms with Crippen molar-refractivity contribution in [1.82, 2.24) is 9.29 Å². The predicted octanol–water partition coefficient (Wildman–Crippen LogP) is 2.24. The molecule has 0 fully saturated rings. The van der Waals surface area contributed by atoms with Crippen LogP contribution in [0.2, 0.25) is 0 Å². The van der Waals surface area contributed by atoms with Gasteiger partial charge in [0.1, 0.15) is 11.6 Å². The molecule has 0 bridgehead atoms. The van der Waals surface area contributed by atoms with Crippen LogP contribution in [0.1, 0.15) is 30.9 Å². The number of aliphatic hydroxyl groups excluding tert-OH is 1. The van der Waals surface area contributed by atoms with Gasteiger partial charge in [0.05, 0.1) is 36.9 Å². The Hall–Kier alpha value is -3.11. The first-order valence-corrected chi connectivity index (χ1v) is 11.8. The Labute approximate surface area is 192 Å². The number of aliphatic hydroxyl groups is 1. The number of nitrogens with zero attached hydrogens (tertiary/aromatic N) is 4. The minimum atomic E-state index is -3.63. The fraction of sp³-hybridized carbons (Fsp3) is 0.429. The molecule has 0 spiro atoms. The lowest BCUT2D eigenvalue weighted by Gasteiger charge is -2.13. The predicted molar refractivity (Wildman–Crippen MR) is 120 cm³/mol. The molecule has 178 valence electrons. The first kappa shape index (κ1) is 26.1. The van der Waals surface area contributed by atoms with Gasteiger partial charge in [0.15, 0.2) is 5.69 Å². The lowest BCUT2D eigenvalue weighted by molar-refractivity contribution is 0.0854. The smallest absolute Gasteiger partial charge is 0.281 e. The molecule has 2 aromatic rings. The Morgan fingerprint density at radius 2 is 1.91 bits per heavy atom. The van der Waals surface area contributed by atoms with Crippen LogP contribution in [0.3, 0.4) is 0 Å². The number of pyridine rings is 1. The van der Waals surface area contributed by atoms with E-state index in [0.717, 1.165) is 17.4 Å². The Morgan fingerprint density at radius 1 is 1.21 bits per heavy atom. The quantitative estimate of drug-likeness (QED) is 0.311. The van der Waals surface area contributed by atoms with E-state index in [1.165, 1.54) is 31.2 Å². The fourth-order valence-corrected chi connectivity index (χ4v) is 3.93. The number of aromatic hydroxyl groups is 1. The highest BCUT2D eigenvalue weighted by Gasteiger charge is 2.19. The van der Waals surface area contributed by atoms with Crippen molar-refractivity contribution in [2.75, 3.05) is 26.4 Å². The molecule has 12 heteroatoms. The molecule has 33 heavy (non-hydrogen) atoms. The van der Waals surface area contributed by atoms with Crippen LogP contribution in [0, 0.1) is 18.3 Å². The number of hydrogen-bond donors (Lipinski definition) is 3. The second-order valence-electron chi connectivity index (χ2n) is 7.02. The van der Waals surface area contributed by atoms with Crippen molar-refractivity contribution in [2.45, 2.75) is 38.1 Å². The molecule has 1 heterocycles. The molecule has 0 radical (unpaired) electrons. The van der Waals surface area contributed by atoms with Crippen LogP contribution in [-0.2, 0) is 21.3 Å². The molecule has 0 saturated heterocycles. The monoisotopic (exact) mass is 477 g/mol. The van der Waals surface area contributed by atoms with Crippen LogP contribution in [0.25, 0.3) is 0 Å². The third-order valence-electron chi connectivity index (χ3n) is 4.70. The van der Waals surface area contributed by atoms with Gasteiger partial charge in [-0.3, -0.25) is 9.36 Å². The van der Waals surface area contributed by atoms with Gasteiger partial charge in [0, 0.05) is 12.1 Å². The summed E-state index contributed by atoms with van der Waals surface area (Å²) < 4.78 is 33.1. The highest BCUT2D eigenvalue weighted by molar-refractivity contribution is 7.89. The summed E-state index contributed by atoms with van der Waals surface area (Å²) in [5.41, 5.74) is -0.462. The summed E-state index contributed by atoms with van der Waals surface area (Å²) in [6.45, 7) is 3.63. The van der Waals surface area contributed by atoms with E-state index in [9.17, 15) is 23.6 Å². The highest BCUT2D eigenvalue weighted by Crippen LogP contribution is 2.27. The number of ether oxygens (including phenoxy) is 1. The standard InChI is InChI=1S/C21H27N5O6S/c1-3-4-9-23-33(30,31)17-7-5-16(6-8-17)24-25-19-15(2)18(14-22)20(28)26(21(19)29)10-12-32-13-11-27/h5-8,23,27-28H,3-4,9-13H2,1-2H3. The van der Waals surface area contributed by atoms with Crippen molar-refractivity contribution in [2.24, 2.45) is 10.2 Å². The van der Waals surface area contributed by atoms with Gasteiger partial charge in [-0.1, -0.05) is 13.3 Å². The zero-order chi connectivity index (χ0) is 24.4. The molecular formula is C21H27N5O6S. The zero-order valence-corrected chi connectivity index (χ0v) is 19.3. The van der Waals surface area contributed by atoms with Crippen molar-refractivity contribution in [3.05, 3.63) is 45.7 Å². The average molecular weight is 478 g/mol. The van der Waals surface area contributed by atoms with Crippen molar-refractivity contribution >= 4 is 21.4 Å². The Morgan fingerprint density at radius 3 is 2.52 bits per heavy atom. The fourth-order valence-electron chi connectivity index (χ4n) is 2.85. The van der Waals surface area contributed by atoms with Crippen LogP contribution in [0.15, 0.2) is 44.2 Å². The van der Waals surface area contributed by atoms with Crippen molar-refractivity contribution in [3.63, 3.8) is 0 Å². The molecule has 0 unspecified atom stereocenters. The number of nitriles is 1.